The van der Waals surface area contributed by atoms with Crippen LogP contribution >= 0.6 is 0 Å². The van der Waals surface area contributed by atoms with Crippen molar-refractivity contribution < 1.29 is 4.79 Å². The summed E-state index contributed by atoms with van der Waals surface area (Å²) in [7, 11) is 0. The predicted octanol–water partition coefficient (Wildman–Crippen LogP) is 2.85. The summed E-state index contributed by atoms with van der Waals surface area (Å²) in [6.07, 6.45) is 7.50. The number of carbonyl (C=O) groups excluding carboxylic acids is 1. The van der Waals surface area contributed by atoms with Crippen LogP contribution in [0.3, 0.4) is 0 Å². The van der Waals surface area contributed by atoms with Gasteiger partial charge in [0.05, 0.1) is 6.54 Å². The summed E-state index contributed by atoms with van der Waals surface area (Å²) in [6.45, 7) is 9.55. The molecular formula is C16H30N2O. The average molecular weight is 266 g/mol. The summed E-state index contributed by atoms with van der Waals surface area (Å²) in [5, 5.41) is 6.63. The smallest absolute Gasteiger partial charge is 0.234 e. The number of nitrogens with one attached hydrogen (secondary N) is 2. The van der Waals surface area contributed by atoms with Gasteiger partial charge in [-0.2, -0.15) is 0 Å². The maximum absolute atomic E-state index is 12.0. The van der Waals surface area contributed by atoms with Gasteiger partial charge >= 0.3 is 0 Å². The summed E-state index contributed by atoms with van der Waals surface area (Å²) in [5.41, 5.74) is 0.602. The van der Waals surface area contributed by atoms with E-state index in [1.807, 2.05) is 0 Å². The summed E-state index contributed by atoms with van der Waals surface area (Å²) in [5.74, 6) is 0.172. The van der Waals surface area contributed by atoms with Gasteiger partial charge in [0.2, 0.25) is 5.91 Å². The van der Waals surface area contributed by atoms with Gasteiger partial charge in [-0.05, 0) is 23.7 Å². The Balaban J connectivity index is 1.71. The van der Waals surface area contributed by atoms with E-state index in [0.29, 0.717) is 29.5 Å². The minimum absolute atomic E-state index is 0.172. The van der Waals surface area contributed by atoms with Crippen molar-refractivity contribution in [2.24, 2.45) is 10.8 Å². The fourth-order valence-electron chi connectivity index (χ4n) is 3.60. The topological polar surface area (TPSA) is 41.1 Å². The lowest BCUT2D eigenvalue weighted by molar-refractivity contribution is -0.121. The first-order valence-corrected chi connectivity index (χ1v) is 7.88. The van der Waals surface area contributed by atoms with Crippen LogP contribution < -0.4 is 10.6 Å². The minimum atomic E-state index is 0.172. The number of rotatable bonds is 4. The van der Waals surface area contributed by atoms with E-state index in [2.05, 4.69) is 38.3 Å². The zero-order valence-corrected chi connectivity index (χ0v) is 13.0. The molecule has 19 heavy (non-hydrogen) atoms. The fourth-order valence-corrected chi connectivity index (χ4v) is 3.60. The first-order valence-electron chi connectivity index (χ1n) is 7.88. The lowest BCUT2D eigenvalue weighted by atomic mass is 10.0. The van der Waals surface area contributed by atoms with Crippen LogP contribution in [0.4, 0.5) is 0 Å². The molecule has 2 fully saturated rings. The van der Waals surface area contributed by atoms with Gasteiger partial charge in [-0.1, -0.05) is 53.4 Å². The van der Waals surface area contributed by atoms with Crippen molar-refractivity contribution >= 4 is 5.91 Å². The van der Waals surface area contributed by atoms with Crippen LogP contribution in [0.1, 0.15) is 66.2 Å². The second-order valence-corrected chi connectivity index (χ2v) is 7.51. The number of hydrogen-bond acceptors (Lipinski definition) is 2. The van der Waals surface area contributed by atoms with Gasteiger partial charge in [-0.25, -0.2) is 0 Å². The molecule has 2 aliphatic carbocycles. The largest absolute Gasteiger partial charge is 0.352 e. The van der Waals surface area contributed by atoms with Gasteiger partial charge in [0.25, 0.3) is 0 Å². The van der Waals surface area contributed by atoms with E-state index >= 15 is 0 Å². The molecule has 0 aromatic rings. The predicted molar refractivity (Wildman–Crippen MR) is 79.0 cm³/mol. The fraction of sp³-hybridized carbons (Fsp3) is 0.938. The van der Waals surface area contributed by atoms with Crippen LogP contribution in [0, 0.1) is 10.8 Å². The Hall–Kier alpha value is -0.570. The number of amides is 1. The van der Waals surface area contributed by atoms with Gasteiger partial charge < -0.3 is 10.6 Å². The molecule has 0 unspecified atom stereocenters. The van der Waals surface area contributed by atoms with Crippen molar-refractivity contribution in [2.45, 2.75) is 78.3 Å². The van der Waals surface area contributed by atoms with Crippen molar-refractivity contribution in [1.82, 2.24) is 10.6 Å². The molecular weight excluding hydrogens is 236 g/mol. The summed E-state index contributed by atoms with van der Waals surface area (Å²) in [4.78, 5) is 12.0. The normalized spacial score (nSPS) is 26.7. The summed E-state index contributed by atoms with van der Waals surface area (Å²) in [6, 6.07) is 0.872. The van der Waals surface area contributed by atoms with Gasteiger partial charge in [0.1, 0.15) is 0 Å². The first kappa shape index (κ1) is 14.8. The maximum atomic E-state index is 12.0. The molecule has 0 bridgehead atoms. The Bertz CT molecular complexity index is 314. The van der Waals surface area contributed by atoms with Crippen LogP contribution in [0.25, 0.3) is 0 Å². The molecule has 0 aromatic heterocycles. The molecule has 0 aromatic carbocycles. The molecule has 0 spiro atoms. The highest BCUT2D eigenvalue weighted by Gasteiger charge is 2.64. The third-order valence-electron chi connectivity index (χ3n) is 5.71. The van der Waals surface area contributed by atoms with Crippen LogP contribution in [0.15, 0.2) is 0 Å². The molecule has 3 heteroatoms. The number of hydrogen-bond donors (Lipinski definition) is 2. The van der Waals surface area contributed by atoms with Crippen molar-refractivity contribution in [3.8, 4) is 0 Å². The monoisotopic (exact) mass is 266 g/mol. The van der Waals surface area contributed by atoms with Gasteiger partial charge in [0.15, 0.2) is 0 Å². The zero-order valence-electron chi connectivity index (χ0n) is 13.0. The van der Waals surface area contributed by atoms with Crippen LogP contribution in [0.2, 0.25) is 0 Å². The third-order valence-corrected chi connectivity index (χ3v) is 5.71. The van der Waals surface area contributed by atoms with E-state index in [-0.39, 0.29) is 5.91 Å². The second kappa shape index (κ2) is 5.43. The molecule has 2 saturated carbocycles. The Kier molecular flexibility index (Phi) is 4.24. The Morgan fingerprint density at radius 3 is 2.00 bits per heavy atom. The Morgan fingerprint density at radius 1 is 1.00 bits per heavy atom. The molecule has 2 N–H and O–H groups in total. The highest BCUT2D eigenvalue weighted by molar-refractivity contribution is 5.78. The lowest BCUT2D eigenvalue weighted by Gasteiger charge is -2.16. The van der Waals surface area contributed by atoms with E-state index < -0.39 is 0 Å². The van der Waals surface area contributed by atoms with Crippen molar-refractivity contribution in [1.29, 1.82) is 0 Å². The van der Waals surface area contributed by atoms with Crippen molar-refractivity contribution in [3.05, 3.63) is 0 Å². The van der Waals surface area contributed by atoms with Gasteiger partial charge in [0, 0.05) is 12.1 Å². The molecule has 3 nitrogen and oxygen atoms in total. The summed E-state index contributed by atoms with van der Waals surface area (Å²) < 4.78 is 0. The molecule has 2 rings (SSSR count). The average Bonchev–Trinajstić information content (AvgIpc) is 2.84. The van der Waals surface area contributed by atoms with E-state index in [9.17, 15) is 4.79 Å². The van der Waals surface area contributed by atoms with E-state index in [0.717, 1.165) is 12.8 Å². The lowest BCUT2D eigenvalue weighted by Crippen LogP contribution is -2.41. The van der Waals surface area contributed by atoms with Gasteiger partial charge in [-0.15, -0.1) is 0 Å². The second-order valence-electron chi connectivity index (χ2n) is 7.51. The molecule has 0 saturated heterocycles. The standard InChI is InChI=1S/C16H30N2O/c1-15(2)14(16(15,3)4)17-11-13(19)18-12-9-7-5-6-8-10-12/h12,14,17H,5-11H2,1-4H3,(H,18,19). The molecule has 0 atom stereocenters. The quantitative estimate of drug-likeness (QED) is 0.768. The van der Waals surface area contributed by atoms with Crippen LogP contribution in [-0.2, 0) is 4.79 Å². The van der Waals surface area contributed by atoms with Gasteiger partial charge in [-0.3, -0.25) is 4.79 Å². The molecule has 0 aliphatic heterocycles. The van der Waals surface area contributed by atoms with Crippen molar-refractivity contribution in [2.75, 3.05) is 6.54 Å². The number of carbonyl (C=O) groups is 1. The third kappa shape index (κ3) is 3.13. The van der Waals surface area contributed by atoms with Crippen LogP contribution in [-0.4, -0.2) is 24.5 Å². The molecule has 110 valence electrons. The molecule has 0 heterocycles. The Morgan fingerprint density at radius 2 is 1.53 bits per heavy atom. The van der Waals surface area contributed by atoms with E-state index in [1.54, 1.807) is 0 Å². The van der Waals surface area contributed by atoms with Crippen molar-refractivity contribution in [3.63, 3.8) is 0 Å². The van der Waals surface area contributed by atoms with E-state index in [4.69, 9.17) is 0 Å². The Labute approximate surface area is 117 Å². The maximum Gasteiger partial charge on any atom is 0.234 e. The SMILES string of the molecule is CC1(C)C(NCC(=O)NC2CCCCCC2)C1(C)C. The molecule has 0 radical (unpaired) electrons. The molecule has 2 aliphatic rings. The minimum Gasteiger partial charge on any atom is -0.352 e. The molecule has 1 amide bonds. The highest BCUT2D eigenvalue weighted by Crippen LogP contribution is 2.62. The van der Waals surface area contributed by atoms with E-state index in [1.165, 1.54) is 25.7 Å². The first-order chi connectivity index (χ1) is 8.85. The highest BCUT2D eigenvalue weighted by atomic mass is 16.2. The zero-order chi connectivity index (χ0) is 14.1. The summed E-state index contributed by atoms with van der Waals surface area (Å²) >= 11 is 0. The van der Waals surface area contributed by atoms with Crippen LogP contribution in [0.5, 0.6) is 0 Å².